The highest BCUT2D eigenvalue weighted by Gasteiger charge is 2.13. The van der Waals surface area contributed by atoms with E-state index >= 15 is 0 Å². The molecule has 0 bridgehead atoms. The molecule has 1 amide bonds. The van der Waals surface area contributed by atoms with E-state index in [0.717, 1.165) is 12.0 Å². The van der Waals surface area contributed by atoms with Gasteiger partial charge in [-0.05, 0) is 44.5 Å². The quantitative estimate of drug-likeness (QED) is 0.774. The summed E-state index contributed by atoms with van der Waals surface area (Å²) in [6.45, 7) is 4.89. The van der Waals surface area contributed by atoms with E-state index in [1.807, 2.05) is 31.2 Å². The van der Waals surface area contributed by atoms with E-state index in [4.69, 9.17) is 10.5 Å². The topological polar surface area (TPSA) is 64.3 Å². The summed E-state index contributed by atoms with van der Waals surface area (Å²) >= 11 is 0. The van der Waals surface area contributed by atoms with E-state index < -0.39 is 6.10 Å². The van der Waals surface area contributed by atoms with Gasteiger partial charge in [0, 0.05) is 6.54 Å². The molecular weight excluding hydrogens is 252 g/mol. The number of nitrogens with two attached hydrogens (primary N) is 1. The number of rotatable bonds is 6. The fourth-order valence-corrected chi connectivity index (χ4v) is 1.40. The summed E-state index contributed by atoms with van der Waals surface area (Å²) in [6.07, 6.45) is 0.290. The third-order valence-corrected chi connectivity index (χ3v) is 2.35. The van der Waals surface area contributed by atoms with Gasteiger partial charge in [0.25, 0.3) is 5.91 Å². The van der Waals surface area contributed by atoms with Crippen LogP contribution in [0.15, 0.2) is 24.3 Å². The first-order chi connectivity index (χ1) is 8.13. The Morgan fingerprint density at radius 1 is 1.50 bits per heavy atom. The number of hydrogen-bond donors (Lipinski definition) is 2. The molecule has 0 spiro atoms. The third-order valence-electron chi connectivity index (χ3n) is 2.35. The van der Waals surface area contributed by atoms with Crippen LogP contribution in [0.2, 0.25) is 0 Å². The van der Waals surface area contributed by atoms with Crippen molar-refractivity contribution in [2.24, 2.45) is 5.73 Å². The van der Waals surface area contributed by atoms with Gasteiger partial charge in [-0.1, -0.05) is 12.1 Å². The number of halogens is 1. The van der Waals surface area contributed by atoms with Gasteiger partial charge in [0.05, 0.1) is 0 Å². The van der Waals surface area contributed by atoms with Crippen LogP contribution in [0.4, 0.5) is 0 Å². The van der Waals surface area contributed by atoms with Gasteiger partial charge in [-0.3, -0.25) is 4.79 Å². The summed E-state index contributed by atoms with van der Waals surface area (Å²) in [6, 6.07) is 7.64. The zero-order valence-electron chi connectivity index (χ0n) is 10.8. The summed E-state index contributed by atoms with van der Waals surface area (Å²) < 4.78 is 5.54. The molecule has 1 aromatic carbocycles. The minimum Gasteiger partial charge on any atom is -0.481 e. The fraction of sp³-hybridized carbons (Fsp3) is 0.462. The molecule has 0 radical (unpaired) electrons. The number of benzene rings is 1. The van der Waals surface area contributed by atoms with Crippen molar-refractivity contribution >= 4 is 18.3 Å². The van der Waals surface area contributed by atoms with Crippen molar-refractivity contribution in [2.75, 3.05) is 13.1 Å². The smallest absolute Gasteiger partial charge is 0.260 e. The van der Waals surface area contributed by atoms with E-state index in [2.05, 4.69) is 5.32 Å². The molecule has 0 saturated carbocycles. The molecule has 102 valence electrons. The summed E-state index contributed by atoms with van der Waals surface area (Å²) in [4.78, 5) is 11.6. The molecule has 3 N–H and O–H groups in total. The van der Waals surface area contributed by atoms with Crippen molar-refractivity contribution in [3.05, 3.63) is 29.8 Å². The average Bonchev–Trinajstić information content (AvgIpc) is 2.29. The second-order valence-electron chi connectivity index (χ2n) is 4.01. The summed E-state index contributed by atoms with van der Waals surface area (Å²) in [5.74, 6) is 0.603. The SMILES string of the molecule is Cc1cccc(OC(C)C(=O)NCCCN)c1.Cl. The molecule has 1 unspecified atom stereocenters. The Balaban J connectivity index is 0.00000289. The third kappa shape index (κ3) is 5.89. The van der Waals surface area contributed by atoms with Gasteiger partial charge in [0.1, 0.15) is 5.75 Å². The fourth-order valence-electron chi connectivity index (χ4n) is 1.40. The van der Waals surface area contributed by atoms with Gasteiger partial charge in [-0.25, -0.2) is 0 Å². The van der Waals surface area contributed by atoms with Crippen LogP contribution >= 0.6 is 12.4 Å². The van der Waals surface area contributed by atoms with Crippen LogP contribution in [-0.4, -0.2) is 25.1 Å². The van der Waals surface area contributed by atoms with Crippen LogP contribution in [0.25, 0.3) is 0 Å². The minimum absolute atomic E-state index is 0. The first kappa shape index (κ1) is 16.7. The molecule has 5 heteroatoms. The standard InChI is InChI=1S/C13H20N2O2.ClH/c1-10-5-3-6-12(9-10)17-11(2)13(16)15-8-4-7-14;/h3,5-6,9,11H,4,7-8,14H2,1-2H3,(H,15,16);1H. The minimum atomic E-state index is -0.491. The van der Waals surface area contributed by atoms with Gasteiger partial charge in [-0.15, -0.1) is 12.4 Å². The lowest BCUT2D eigenvalue weighted by Gasteiger charge is -2.14. The van der Waals surface area contributed by atoms with Crippen molar-refractivity contribution in [3.63, 3.8) is 0 Å². The molecule has 1 rings (SSSR count). The highest BCUT2D eigenvalue weighted by molar-refractivity contribution is 5.85. The molecule has 0 saturated heterocycles. The van der Waals surface area contributed by atoms with E-state index in [-0.39, 0.29) is 18.3 Å². The predicted molar refractivity (Wildman–Crippen MR) is 75.2 cm³/mol. The lowest BCUT2D eigenvalue weighted by Crippen LogP contribution is -2.37. The first-order valence-electron chi connectivity index (χ1n) is 5.84. The number of aryl methyl sites for hydroxylation is 1. The maximum Gasteiger partial charge on any atom is 0.260 e. The number of amides is 1. The number of hydrogen-bond acceptors (Lipinski definition) is 3. The van der Waals surface area contributed by atoms with Gasteiger partial charge in [-0.2, -0.15) is 0 Å². The molecule has 0 aliphatic heterocycles. The van der Waals surface area contributed by atoms with E-state index in [0.29, 0.717) is 18.8 Å². The maximum absolute atomic E-state index is 11.6. The highest BCUT2D eigenvalue weighted by atomic mass is 35.5. The van der Waals surface area contributed by atoms with Crippen molar-refractivity contribution in [2.45, 2.75) is 26.4 Å². The lowest BCUT2D eigenvalue weighted by molar-refractivity contribution is -0.127. The normalized spacial score (nSPS) is 11.3. The first-order valence-corrected chi connectivity index (χ1v) is 5.84. The van der Waals surface area contributed by atoms with Crippen LogP contribution in [-0.2, 0) is 4.79 Å². The predicted octanol–water partition coefficient (Wildman–Crippen LogP) is 1.65. The van der Waals surface area contributed by atoms with Crippen molar-refractivity contribution < 1.29 is 9.53 Å². The molecule has 1 atom stereocenters. The van der Waals surface area contributed by atoms with Gasteiger partial charge < -0.3 is 15.8 Å². The van der Waals surface area contributed by atoms with Crippen molar-refractivity contribution in [1.29, 1.82) is 0 Å². The molecule has 1 aromatic rings. The Hall–Kier alpha value is -1.26. The van der Waals surface area contributed by atoms with Gasteiger partial charge in [0.2, 0.25) is 0 Å². The molecular formula is C13H21ClN2O2. The number of carbonyl (C=O) groups is 1. The summed E-state index contributed by atoms with van der Waals surface area (Å²) in [7, 11) is 0. The van der Waals surface area contributed by atoms with Gasteiger partial charge in [0.15, 0.2) is 6.10 Å². The molecule has 0 heterocycles. The zero-order chi connectivity index (χ0) is 12.7. The molecule has 0 aromatic heterocycles. The molecule has 0 aliphatic rings. The van der Waals surface area contributed by atoms with Gasteiger partial charge >= 0.3 is 0 Å². The Morgan fingerprint density at radius 3 is 2.83 bits per heavy atom. The number of nitrogens with one attached hydrogen (secondary N) is 1. The molecule has 0 aliphatic carbocycles. The average molecular weight is 273 g/mol. The molecule has 0 fully saturated rings. The second-order valence-corrected chi connectivity index (χ2v) is 4.01. The highest BCUT2D eigenvalue weighted by Crippen LogP contribution is 2.14. The Morgan fingerprint density at radius 2 is 2.22 bits per heavy atom. The van der Waals surface area contributed by atoms with Crippen LogP contribution in [0.3, 0.4) is 0 Å². The second kappa shape index (κ2) is 8.78. The summed E-state index contributed by atoms with van der Waals surface area (Å²) in [5.41, 5.74) is 6.46. The molecule has 18 heavy (non-hydrogen) atoms. The number of ether oxygens (including phenoxy) is 1. The van der Waals surface area contributed by atoms with E-state index in [9.17, 15) is 4.79 Å². The maximum atomic E-state index is 11.6. The van der Waals surface area contributed by atoms with E-state index in [1.54, 1.807) is 6.92 Å². The van der Waals surface area contributed by atoms with Crippen molar-refractivity contribution in [3.8, 4) is 5.75 Å². The summed E-state index contributed by atoms with van der Waals surface area (Å²) in [5, 5.41) is 2.77. The van der Waals surface area contributed by atoms with Crippen LogP contribution in [0.5, 0.6) is 5.75 Å². The largest absolute Gasteiger partial charge is 0.481 e. The van der Waals surface area contributed by atoms with Crippen LogP contribution in [0, 0.1) is 6.92 Å². The van der Waals surface area contributed by atoms with Crippen LogP contribution in [0.1, 0.15) is 18.9 Å². The Kier molecular flexibility index (Phi) is 8.16. The number of carbonyl (C=O) groups excluding carboxylic acids is 1. The Bertz CT molecular complexity index is 372. The lowest BCUT2D eigenvalue weighted by atomic mass is 10.2. The molecule has 4 nitrogen and oxygen atoms in total. The van der Waals surface area contributed by atoms with Crippen LogP contribution < -0.4 is 15.8 Å². The monoisotopic (exact) mass is 272 g/mol. The Labute approximate surface area is 114 Å². The van der Waals surface area contributed by atoms with Crippen molar-refractivity contribution in [1.82, 2.24) is 5.32 Å². The zero-order valence-corrected chi connectivity index (χ0v) is 11.6. The van der Waals surface area contributed by atoms with E-state index in [1.165, 1.54) is 0 Å².